The predicted octanol–water partition coefficient (Wildman–Crippen LogP) is 4.26. The lowest BCUT2D eigenvalue weighted by Crippen LogP contribution is -2.14. The number of nitrogens with zero attached hydrogens (tertiary/aromatic N) is 1. The van der Waals surface area contributed by atoms with Crippen molar-refractivity contribution in [2.45, 2.75) is 26.6 Å². The second kappa shape index (κ2) is 8.27. The van der Waals surface area contributed by atoms with Crippen LogP contribution >= 0.6 is 0 Å². The molecule has 3 rings (SSSR count). The van der Waals surface area contributed by atoms with E-state index in [1.165, 1.54) is 11.1 Å². The Hall–Kier alpha value is -2.65. The normalized spacial score (nSPS) is 10.5. The van der Waals surface area contributed by atoms with Gasteiger partial charge in [-0.05, 0) is 36.2 Å². The molecule has 3 aromatic rings. The maximum Gasteiger partial charge on any atom is 0.124 e. The van der Waals surface area contributed by atoms with E-state index in [4.69, 9.17) is 4.74 Å². The van der Waals surface area contributed by atoms with Crippen LogP contribution in [0, 0.1) is 6.92 Å². The first kappa shape index (κ1) is 16.2. The third-order valence-electron chi connectivity index (χ3n) is 3.96. The largest absolute Gasteiger partial charge is 0.489 e. The SMILES string of the molecule is Cc1ccccc1COc1ccccc1CNCc1ccccn1. The Morgan fingerprint density at radius 3 is 2.38 bits per heavy atom. The minimum Gasteiger partial charge on any atom is -0.489 e. The molecule has 24 heavy (non-hydrogen) atoms. The summed E-state index contributed by atoms with van der Waals surface area (Å²) in [6, 6.07) is 22.4. The van der Waals surface area contributed by atoms with Crippen molar-refractivity contribution in [3.05, 3.63) is 95.3 Å². The number of nitrogens with one attached hydrogen (secondary N) is 1. The average Bonchev–Trinajstić information content (AvgIpc) is 2.63. The second-order valence-corrected chi connectivity index (χ2v) is 5.75. The van der Waals surface area contributed by atoms with Gasteiger partial charge in [0.1, 0.15) is 12.4 Å². The molecule has 0 radical (unpaired) electrons. The fourth-order valence-electron chi connectivity index (χ4n) is 2.55. The fraction of sp³-hybridized carbons (Fsp3) is 0.190. The number of aromatic nitrogens is 1. The summed E-state index contributed by atoms with van der Waals surface area (Å²) >= 11 is 0. The molecule has 0 bridgehead atoms. The number of aryl methyl sites for hydroxylation is 1. The smallest absolute Gasteiger partial charge is 0.124 e. The summed E-state index contributed by atoms with van der Waals surface area (Å²) in [4.78, 5) is 4.32. The lowest BCUT2D eigenvalue weighted by Gasteiger charge is -2.13. The summed E-state index contributed by atoms with van der Waals surface area (Å²) in [6.07, 6.45) is 1.82. The first-order valence-corrected chi connectivity index (χ1v) is 8.19. The fourth-order valence-corrected chi connectivity index (χ4v) is 2.55. The molecule has 0 saturated carbocycles. The van der Waals surface area contributed by atoms with Crippen molar-refractivity contribution in [2.24, 2.45) is 0 Å². The highest BCUT2D eigenvalue weighted by atomic mass is 16.5. The molecular formula is C21H22N2O. The van der Waals surface area contributed by atoms with Crippen LogP contribution in [-0.4, -0.2) is 4.98 Å². The van der Waals surface area contributed by atoms with E-state index in [0.717, 1.165) is 30.1 Å². The van der Waals surface area contributed by atoms with Gasteiger partial charge >= 0.3 is 0 Å². The highest BCUT2D eigenvalue weighted by Gasteiger charge is 2.04. The predicted molar refractivity (Wildman–Crippen MR) is 96.7 cm³/mol. The molecule has 1 heterocycles. The zero-order chi connectivity index (χ0) is 16.6. The van der Waals surface area contributed by atoms with E-state index in [0.29, 0.717) is 6.61 Å². The van der Waals surface area contributed by atoms with Gasteiger partial charge in [-0.15, -0.1) is 0 Å². The first-order valence-electron chi connectivity index (χ1n) is 8.19. The van der Waals surface area contributed by atoms with Gasteiger partial charge in [-0.1, -0.05) is 48.5 Å². The number of hydrogen-bond acceptors (Lipinski definition) is 3. The lowest BCUT2D eigenvalue weighted by atomic mass is 10.1. The van der Waals surface area contributed by atoms with E-state index in [1.807, 2.05) is 54.7 Å². The summed E-state index contributed by atoms with van der Waals surface area (Å²) in [6.45, 7) is 4.19. The number of pyridine rings is 1. The molecule has 0 atom stereocenters. The molecule has 0 fully saturated rings. The molecule has 0 unspecified atom stereocenters. The number of para-hydroxylation sites is 1. The Morgan fingerprint density at radius 2 is 1.58 bits per heavy atom. The minimum atomic E-state index is 0.587. The van der Waals surface area contributed by atoms with Crippen LogP contribution in [0.15, 0.2) is 72.9 Å². The van der Waals surface area contributed by atoms with Crippen molar-refractivity contribution >= 4 is 0 Å². The van der Waals surface area contributed by atoms with E-state index in [2.05, 4.69) is 35.4 Å². The van der Waals surface area contributed by atoms with Crippen LogP contribution < -0.4 is 10.1 Å². The van der Waals surface area contributed by atoms with Gasteiger partial charge in [0.2, 0.25) is 0 Å². The molecule has 0 spiro atoms. The molecule has 0 aliphatic rings. The van der Waals surface area contributed by atoms with E-state index in [9.17, 15) is 0 Å². The van der Waals surface area contributed by atoms with E-state index >= 15 is 0 Å². The Morgan fingerprint density at radius 1 is 0.833 bits per heavy atom. The standard InChI is InChI=1S/C21H22N2O/c1-17-8-2-3-10-19(17)16-24-21-12-5-4-9-18(21)14-22-15-20-11-6-7-13-23-20/h2-13,22H,14-16H2,1H3. The summed E-state index contributed by atoms with van der Waals surface area (Å²) in [5.41, 5.74) is 4.66. The van der Waals surface area contributed by atoms with Crippen molar-refractivity contribution < 1.29 is 4.74 Å². The lowest BCUT2D eigenvalue weighted by molar-refractivity contribution is 0.301. The average molecular weight is 318 g/mol. The van der Waals surface area contributed by atoms with Gasteiger partial charge in [-0.25, -0.2) is 0 Å². The molecule has 0 aliphatic heterocycles. The molecule has 2 aromatic carbocycles. The van der Waals surface area contributed by atoms with Gasteiger partial charge in [0.05, 0.1) is 5.69 Å². The molecular weight excluding hydrogens is 296 g/mol. The van der Waals surface area contributed by atoms with Gasteiger partial charge in [0.25, 0.3) is 0 Å². The van der Waals surface area contributed by atoms with E-state index in [-0.39, 0.29) is 0 Å². The second-order valence-electron chi connectivity index (χ2n) is 5.75. The Kier molecular flexibility index (Phi) is 5.59. The minimum absolute atomic E-state index is 0.587. The Balaban J connectivity index is 1.59. The van der Waals surface area contributed by atoms with Gasteiger partial charge in [0, 0.05) is 24.8 Å². The summed E-state index contributed by atoms with van der Waals surface area (Å²) < 4.78 is 6.05. The zero-order valence-electron chi connectivity index (χ0n) is 13.9. The van der Waals surface area contributed by atoms with Gasteiger partial charge in [0.15, 0.2) is 0 Å². The number of benzene rings is 2. The highest BCUT2D eigenvalue weighted by Crippen LogP contribution is 2.20. The molecule has 122 valence electrons. The number of hydrogen-bond donors (Lipinski definition) is 1. The maximum atomic E-state index is 6.05. The van der Waals surface area contributed by atoms with Gasteiger partial charge in [-0.2, -0.15) is 0 Å². The van der Waals surface area contributed by atoms with Crippen molar-refractivity contribution in [3.8, 4) is 5.75 Å². The topological polar surface area (TPSA) is 34.1 Å². The number of ether oxygens (including phenoxy) is 1. The van der Waals surface area contributed by atoms with Crippen molar-refractivity contribution in [1.29, 1.82) is 0 Å². The summed E-state index contributed by atoms with van der Waals surface area (Å²) in [5.74, 6) is 0.925. The molecule has 3 heteroatoms. The Bertz CT molecular complexity index is 772. The third kappa shape index (κ3) is 4.43. The third-order valence-corrected chi connectivity index (χ3v) is 3.96. The quantitative estimate of drug-likeness (QED) is 0.707. The summed E-state index contributed by atoms with van der Waals surface area (Å²) in [7, 11) is 0. The van der Waals surface area contributed by atoms with Crippen LogP contribution in [0.1, 0.15) is 22.4 Å². The van der Waals surface area contributed by atoms with Crippen LogP contribution in [0.3, 0.4) is 0 Å². The zero-order valence-corrected chi connectivity index (χ0v) is 13.9. The molecule has 0 amide bonds. The van der Waals surface area contributed by atoms with Gasteiger partial charge < -0.3 is 10.1 Å². The van der Waals surface area contributed by atoms with Crippen molar-refractivity contribution in [1.82, 2.24) is 10.3 Å². The highest BCUT2D eigenvalue weighted by molar-refractivity contribution is 5.34. The Labute approximate surface area is 143 Å². The molecule has 1 N–H and O–H groups in total. The number of rotatable bonds is 7. The molecule has 1 aromatic heterocycles. The maximum absolute atomic E-state index is 6.05. The van der Waals surface area contributed by atoms with Crippen LogP contribution in [-0.2, 0) is 19.7 Å². The molecule has 0 aliphatic carbocycles. The van der Waals surface area contributed by atoms with E-state index < -0.39 is 0 Å². The van der Waals surface area contributed by atoms with Crippen LogP contribution in [0.5, 0.6) is 5.75 Å². The molecule has 3 nitrogen and oxygen atoms in total. The van der Waals surface area contributed by atoms with E-state index in [1.54, 1.807) is 0 Å². The van der Waals surface area contributed by atoms with Gasteiger partial charge in [-0.3, -0.25) is 4.98 Å². The summed E-state index contributed by atoms with van der Waals surface area (Å²) in [5, 5.41) is 3.43. The van der Waals surface area contributed by atoms with Crippen molar-refractivity contribution in [2.75, 3.05) is 0 Å². The van der Waals surface area contributed by atoms with Crippen molar-refractivity contribution in [3.63, 3.8) is 0 Å². The first-order chi connectivity index (χ1) is 11.8. The van der Waals surface area contributed by atoms with Crippen LogP contribution in [0.4, 0.5) is 0 Å². The van der Waals surface area contributed by atoms with Crippen LogP contribution in [0.25, 0.3) is 0 Å². The van der Waals surface area contributed by atoms with Crippen LogP contribution in [0.2, 0.25) is 0 Å². The monoisotopic (exact) mass is 318 g/mol. The molecule has 0 saturated heterocycles.